The highest BCUT2D eigenvalue weighted by atomic mass is 32.5. The molecule has 1 aliphatic rings. The first-order chi connectivity index (χ1) is 27.7. The predicted octanol–water partition coefficient (Wildman–Crippen LogP) is 2.03. The summed E-state index contributed by atoms with van der Waals surface area (Å²) in [5, 5.41) is 8.07. The lowest BCUT2D eigenvalue weighted by atomic mass is 9.78. The Hall–Kier alpha value is -2.91. The number of rotatable bonds is 35. The summed E-state index contributed by atoms with van der Waals surface area (Å²) in [6, 6.07) is 0. The molecule has 1 saturated carbocycles. The number of terminal acetylenes is 3. The summed E-state index contributed by atoms with van der Waals surface area (Å²) in [6.07, 6.45) is 17.0. The summed E-state index contributed by atoms with van der Waals surface area (Å²) < 4.78 is 37.8. The smallest absolute Gasteiger partial charge is 0.223 e. The van der Waals surface area contributed by atoms with Gasteiger partial charge in [0.25, 0.3) is 0 Å². The van der Waals surface area contributed by atoms with Crippen molar-refractivity contribution in [2.75, 3.05) is 92.4 Å². The Morgan fingerprint density at radius 2 is 1.10 bits per heavy atom. The van der Waals surface area contributed by atoms with Crippen LogP contribution in [0.25, 0.3) is 0 Å². The number of nitrogens with one attached hydrogen (secondary N) is 3. The van der Waals surface area contributed by atoms with Gasteiger partial charge in [0.2, 0.25) is 17.7 Å². The second-order valence-corrected chi connectivity index (χ2v) is 18.8. The van der Waals surface area contributed by atoms with E-state index >= 15 is 0 Å². The molecule has 1 aliphatic carbocycles. The maximum atomic E-state index is 13.8. The third-order valence-electron chi connectivity index (χ3n) is 9.06. The van der Waals surface area contributed by atoms with E-state index < -0.39 is 29.2 Å². The van der Waals surface area contributed by atoms with E-state index in [-0.39, 0.29) is 115 Å². The van der Waals surface area contributed by atoms with Crippen molar-refractivity contribution in [1.82, 2.24) is 16.0 Å². The van der Waals surface area contributed by atoms with E-state index in [9.17, 15) is 24.1 Å². The zero-order valence-corrected chi connectivity index (χ0v) is 36.3. The fourth-order valence-corrected chi connectivity index (χ4v) is 6.73. The van der Waals surface area contributed by atoms with E-state index in [1.54, 1.807) is 20.8 Å². The van der Waals surface area contributed by atoms with Crippen molar-refractivity contribution in [1.29, 1.82) is 0 Å². The largest absolute Gasteiger partial charge is 0.800 e. The van der Waals surface area contributed by atoms with Crippen molar-refractivity contribution in [2.45, 2.75) is 102 Å². The average molecular weight is 855 g/mol. The van der Waals surface area contributed by atoms with Crippen LogP contribution in [0, 0.1) is 42.9 Å². The molecule has 1 atom stereocenters. The van der Waals surface area contributed by atoms with Crippen LogP contribution in [0.3, 0.4) is 0 Å². The Morgan fingerprint density at radius 3 is 1.55 bits per heavy atom. The third kappa shape index (κ3) is 24.9. The average Bonchev–Trinajstić information content (AvgIpc) is 3.16. The number of ether oxygens (including phenoxy) is 6. The Labute approximate surface area is 351 Å². The first kappa shape index (κ1) is 53.1. The summed E-state index contributed by atoms with van der Waals surface area (Å²) in [7, 11) is 0. The first-order valence-electron chi connectivity index (χ1n) is 19.8. The van der Waals surface area contributed by atoms with Gasteiger partial charge in [-0.3, -0.25) is 19.2 Å². The van der Waals surface area contributed by atoms with Gasteiger partial charge >= 0.3 is 0 Å². The van der Waals surface area contributed by atoms with Gasteiger partial charge in [-0.2, -0.15) is 0 Å². The Kier molecular flexibility index (Phi) is 28.4. The number of carbonyl (C=O) groups is 4. The van der Waals surface area contributed by atoms with Crippen LogP contribution in [0.15, 0.2) is 0 Å². The molecular weight excluding hydrogens is 790 g/mol. The van der Waals surface area contributed by atoms with Gasteiger partial charge in [0, 0.05) is 62.0 Å². The van der Waals surface area contributed by atoms with E-state index in [1.807, 2.05) is 0 Å². The van der Waals surface area contributed by atoms with Crippen LogP contribution in [0.1, 0.15) is 85.0 Å². The van der Waals surface area contributed by atoms with E-state index in [0.29, 0.717) is 65.5 Å². The lowest BCUT2D eigenvalue weighted by Crippen LogP contribution is -2.54. The fraction of sp³-hybridized carbons (Fsp3) is 0.756. The first-order valence-corrected chi connectivity index (χ1v) is 22.5. The van der Waals surface area contributed by atoms with Crippen LogP contribution in [-0.4, -0.2) is 133 Å². The zero-order chi connectivity index (χ0) is 43.1. The van der Waals surface area contributed by atoms with Crippen molar-refractivity contribution in [3.8, 4) is 37.0 Å². The number of amides is 3. The summed E-state index contributed by atoms with van der Waals surface area (Å²) in [6.45, 7) is 5.81. The highest BCUT2D eigenvalue weighted by molar-refractivity contribution is 8.09. The molecule has 3 N–H and O–H groups in total. The number of Topliss-reactive ketones (excluding diaryl/α,β-unsaturated/α-hetero) is 1. The van der Waals surface area contributed by atoms with Gasteiger partial charge in [-0.15, -0.1) is 19.3 Å². The summed E-state index contributed by atoms with van der Waals surface area (Å²) in [5.74, 6) is 5.74. The maximum absolute atomic E-state index is 13.8. The SMILES string of the molecule is C#CCOCCOCCCC(=O)CCC(CCC(=O)NCCOCCOCC#C)(CCC(=O)NCCOCCOCC#C)NC(=O)C1CC(OP([O-])(=S)C(C)(C)C)C1. The zero-order valence-electron chi connectivity index (χ0n) is 34.6. The molecule has 0 aliphatic heterocycles. The van der Waals surface area contributed by atoms with Crippen molar-refractivity contribution in [2.24, 2.45) is 5.92 Å². The van der Waals surface area contributed by atoms with E-state index in [1.165, 1.54) is 0 Å². The van der Waals surface area contributed by atoms with E-state index in [2.05, 4.69) is 33.7 Å². The Morgan fingerprint density at radius 1 is 0.672 bits per heavy atom. The van der Waals surface area contributed by atoms with Crippen molar-refractivity contribution < 1.29 is 57.0 Å². The molecule has 17 heteroatoms. The van der Waals surface area contributed by atoms with Crippen molar-refractivity contribution in [3.05, 3.63) is 0 Å². The molecule has 3 amide bonds. The Bertz CT molecular complexity index is 1290. The standard InChI is InChI=1S/C41H66N3O12PS/c1-7-20-50-26-29-53-23-10-11-35(45)12-15-41(16-13-37(46)42-18-24-54-30-27-51-21-8-2,17-14-38(47)43-19-25-55-31-28-52-22-9-3)44-39(48)34-32-36(33-34)56-57(49,58)40(4,5)6/h1-3,34,36H,10-33H2,4-6H3,(H,42,46)(H,43,47)(H,44,48)(H,49,58)/p-1. The molecule has 1 unspecified atom stereocenters. The van der Waals surface area contributed by atoms with Crippen molar-refractivity contribution in [3.63, 3.8) is 0 Å². The van der Waals surface area contributed by atoms with Crippen LogP contribution in [0.5, 0.6) is 0 Å². The normalized spacial score (nSPS) is 16.2. The number of ketones is 1. The van der Waals surface area contributed by atoms with Crippen molar-refractivity contribution >= 4 is 41.8 Å². The van der Waals surface area contributed by atoms with Crippen LogP contribution >= 0.6 is 6.49 Å². The number of hydrogen-bond donors (Lipinski definition) is 3. The minimum atomic E-state index is -3.36. The second-order valence-electron chi connectivity index (χ2n) is 14.8. The molecule has 0 aromatic heterocycles. The highest BCUT2D eigenvalue weighted by Crippen LogP contribution is 2.54. The quantitative estimate of drug-likeness (QED) is 0.0478. The van der Waals surface area contributed by atoms with Gasteiger partial charge in [0.05, 0.1) is 59.0 Å². The van der Waals surface area contributed by atoms with E-state index in [0.717, 1.165) is 0 Å². The van der Waals surface area contributed by atoms with Gasteiger partial charge in [-0.25, -0.2) is 0 Å². The van der Waals surface area contributed by atoms with Gasteiger partial charge < -0.3 is 53.8 Å². The molecular formula is C41H65N3O12PS-. The minimum absolute atomic E-state index is 0.00760. The van der Waals surface area contributed by atoms with E-state index in [4.69, 9.17) is 64.0 Å². The van der Waals surface area contributed by atoms with Crippen LogP contribution in [-0.2, 0) is 63.9 Å². The van der Waals surface area contributed by atoms with Crippen LogP contribution in [0.2, 0.25) is 0 Å². The molecule has 15 nitrogen and oxygen atoms in total. The molecule has 328 valence electrons. The Balaban J connectivity index is 3.02. The van der Waals surface area contributed by atoms with Crippen LogP contribution < -0.4 is 20.8 Å². The molecule has 0 spiro atoms. The lowest BCUT2D eigenvalue weighted by Gasteiger charge is -2.47. The molecule has 0 bridgehead atoms. The molecule has 1 fully saturated rings. The van der Waals surface area contributed by atoms with Gasteiger partial charge in [-0.05, 0) is 45.0 Å². The molecule has 0 saturated heterocycles. The highest BCUT2D eigenvalue weighted by Gasteiger charge is 2.41. The van der Waals surface area contributed by atoms with Crippen LogP contribution in [0.4, 0.5) is 0 Å². The lowest BCUT2D eigenvalue weighted by molar-refractivity contribution is -0.195. The molecule has 58 heavy (non-hydrogen) atoms. The third-order valence-corrected chi connectivity index (χ3v) is 13.2. The maximum Gasteiger partial charge on any atom is 0.223 e. The molecule has 0 aromatic carbocycles. The molecule has 1 rings (SSSR count). The molecule has 0 radical (unpaired) electrons. The summed E-state index contributed by atoms with van der Waals surface area (Å²) in [4.78, 5) is 66.1. The topological polar surface area (TPSA) is 192 Å². The second kappa shape index (κ2) is 31.0. The minimum Gasteiger partial charge on any atom is -0.800 e. The predicted molar refractivity (Wildman–Crippen MR) is 222 cm³/mol. The van der Waals surface area contributed by atoms with Gasteiger partial charge in [0.15, 0.2) is 0 Å². The fourth-order valence-electron chi connectivity index (χ4n) is 5.48. The monoisotopic (exact) mass is 854 g/mol. The summed E-state index contributed by atoms with van der Waals surface area (Å²) in [5.41, 5.74) is -1.09. The summed E-state index contributed by atoms with van der Waals surface area (Å²) >= 11 is 5.29. The van der Waals surface area contributed by atoms with Gasteiger partial charge in [-0.1, -0.05) is 50.3 Å². The van der Waals surface area contributed by atoms with Gasteiger partial charge in [0.1, 0.15) is 25.6 Å². The molecule has 0 aromatic rings. The number of carbonyl (C=O) groups excluding carboxylic acids is 4. The number of hydrogen-bond acceptors (Lipinski definition) is 13. The molecule has 0 heterocycles.